The maximum Gasteiger partial charge on any atom is 0.335 e. The average molecular weight is 370 g/mol. The summed E-state index contributed by atoms with van der Waals surface area (Å²) in [7, 11) is 0. The van der Waals surface area contributed by atoms with Crippen molar-refractivity contribution in [1.29, 1.82) is 0 Å². The van der Waals surface area contributed by atoms with Crippen molar-refractivity contribution < 1.29 is 9.90 Å². The van der Waals surface area contributed by atoms with Crippen LogP contribution in [-0.4, -0.2) is 16.1 Å². The van der Waals surface area contributed by atoms with Gasteiger partial charge in [0.15, 0.2) is 0 Å². The summed E-state index contributed by atoms with van der Waals surface area (Å²) >= 11 is 9.39. The lowest BCUT2D eigenvalue weighted by atomic mass is 10.1. The number of nitrogens with zero attached hydrogens (tertiary/aromatic N) is 1. The Balaban J connectivity index is 2.38. The van der Waals surface area contributed by atoms with Gasteiger partial charge in [-0.1, -0.05) is 24.9 Å². The SMILES string of the molecule is CCCc1cc(C(=O)O)cc(Nc2cc(Cl)ccc2Br)n1. The van der Waals surface area contributed by atoms with Gasteiger partial charge in [0, 0.05) is 15.2 Å². The number of aryl methyl sites for hydroxylation is 1. The summed E-state index contributed by atoms with van der Waals surface area (Å²) in [6.45, 7) is 2.02. The van der Waals surface area contributed by atoms with Crippen LogP contribution in [0.3, 0.4) is 0 Å². The lowest BCUT2D eigenvalue weighted by Gasteiger charge is -2.11. The van der Waals surface area contributed by atoms with Crippen molar-refractivity contribution in [2.75, 3.05) is 5.32 Å². The van der Waals surface area contributed by atoms with Gasteiger partial charge in [-0.25, -0.2) is 9.78 Å². The van der Waals surface area contributed by atoms with Crippen LogP contribution in [0.25, 0.3) is 0 Å². The van der Waals surface area contributed by atoms with Gasteiger partial charge in [-0.2, -0.15) is 0 Å². The molecule has 0 aliphatic heterocycles. The first-order valence-electron chi connectivity index (χ1n) is 6.46. The van der Waals surface area contributed by atoms with E-state index in [9.17, 15) is 9.90 Å². The first kappa shape index (κ1) is 15.8. The number of halogens is 2. The largest absolute Gasteiger partial charge is 0.478 e. The molecule has 21 heavy (non-hydrogen) atoms. The molecule has 0 atom stereocenters. The highest BCUT2D eigenvalue weighted by atomic mass is 79.9. The Morgan fingerprint density at radius 3 is 2.81 bits per heavy atom. The Bertz CT molecular complexity index is 677. The van der Waals surface area contributed by atoms with E-state index in [1.54, 1.807) is 18.2 Å². The minimum atomic E-state index is -0.969. The number of hydrogen-bond donors (Lipinski definition) is 2. The number of rotatable bonds is 5. The second kappa shape index (κ2) is 6.91. The second-order valence-electron chi connectivity index (χ2n) is 4.54. The van der Waals surface area contributed by atoms with Gasteiger partial charge in [-0.3, -0.25) is 0 Å². The van der Waals surface area contributed by atoms with Gasteiger partial charge in [-0.15, -0.1) is 0 Å². The van der Waals surface area contributed by atoms with Gasteiger partial charge in [-0.05, 0) is 52.7 Å². The second-order valence-corrected chi connectivity index (χ2v) is 5.83. The highest BCUT2D eigenvalue weighted by Gasteiger charge is 2.10. The van der Waals surface area contributed by atoms with Crippen LogP contribution >= 0.6 is 27.5 Å². The summed E-state index contributed by atoms with van der Waals surface area (Å²) in [4.78, 5) is 15.6. The molecule has 0 fully saturated rings. The maximum absolute atomic E-state index is 11.2. The predicted molar refractivity (Wildman–Crippen MR) is 87.6 cm³/mol. The summed E-state index contributed by atoms with van der Waals surface area (Å²) in [5.41, 5.74) is 1.70. The van der Waals surface area contributed by atoms with Crippen molar-refractivity contribution in [3.05, 3.63) is 51.1 Å². The molecule has 2 aromatic rings. The minimum absolute atomic E-state index is 0.217. The van der Waals surface area contributed by atoms with E-state index in [1.165, 1.54) is 6.07 Å². The van der Waals surface area contributed by atoms with Crippen molar-refractivity contribution in [2.24, 2.45) is 0 Å². The molecular formula is C15H14BrClN2O2. The quantitative estimate of drug-likeness (QED) is 0.787. The van der Waals surface area contributed by atoms with Crippen LogP contribution in [0.4, 0.5) is 11.5 Å². The number of benzene rings is 1. The molecule has 0 bridgehead atoms. The van der Waals surface area contributed by atoms with Gasteiger partial charge in [0.25, 0.3) is 0 Å². The van der Waals surface area contributed by atoms with Gasteiger partial charge in [0.05, 0.1) is 11.3 Å². The lowest BCUT2D eigenvalue weighted by molar-refractivity contribution is 0.0696. The molecule has 0 amide bonds. The summed E-state index contributed by atoms with van der Waals surface area (Å²) in [6.07, 6.45) is 1.63. The molecule has 0 saturated carbocycles. The average Bonchev–Trinajstić information content (AvgIpc) is 2.43. The zero-order valence-corrected chi connectivity index (χ0v) is 13.7. The molecule has 1 aromatic heterocycles. The Kier molecular flexibility index (Phi) is 5.20. The number of aromatic carboxylic acids is 1. The van der Waals surface area contributed by atoms with Crippen LogP contribution in [0.5, 0.6) is 0 Å². The van der Waals surface area contributed by atoms with E-state index in [-0.39, 0.29) is 5.56 Å². The Labute approximate surface area is 136 Å². The topological polar surface area (TPSA) is 62.2 Å². The van der Waals surface area contributed by atoms with E-state index < -0.39 is 5.97 Å². The van der Waals surface area contributed by atoms with Gasteiger partial charge in [0.1, 0.15) is 5.82 Å². The van der Waals surface area contributed by atoms with Gasteiger partial charge in [0.2, 0.25) is 0 Å². The van der Waals surface area contributed by atoms with E-state index in [0.29, 0.717) is 10.8 Å². The fourth-order valence-electron chi connectivity index (χ4n) is 1.89. The monoisotopic (exact) mass is 368 g/mol. The molecule has 0 unspecified atom stereocenters. The van der Waals surface area contributed by atoms with Crippen LogP contribution in [0.15, 0.2) is 34.8 Å². The highest BCUT2D eigenvalue weighted by Crippen LogP contribution is 2.28. The molecule has 0 aliphatic carbocycles. The molecule has 1 aromatic carbocycles. The van der Waals surface area contributed by atoms with Crippen molar-refractivity contribution in [3.8, 4) is 0 Å². The molecule has 110 valence electrons. The molecule has 0 aliphatic rings. The molecule has 2 rings (SSSR count). The number of carboxylic acids is 1. The molecule has 1 heterocycles. The first-order chi connectivity index (χ1) is 9.99. The number of aromatic nitrogens is 1. The summed E-state index contributed by atoms with van der Waals surface area (Å²) in [5, 5.41) is 12.9. The van der Waals surface area contributed by atoms with E-state index in [0.717, 1.165) is 28.7 Å². The zero-order chi connectivity index (χ0) is 15.4. The lowest BCUT2D eigenvalue weighted by Crippen LogP contribution is -2.04. The highest BCUT2D eigenvalue weighted by molar-refractivity contribution is 9.10. The minimum Gasteiger partial charge on any atom is -0.478 e. The van der Waals surface area contributed by atoms with E-state index in [2.05, 4.69) is 26.2 Å². The Hall–Kier alpha value is -1.59. The van der Waals surface area contributed by atoms with Crippen molar-refractivity contribution in [2.45, 2.75) is 19.8 Å². The third kappa shape index (κ3) is 4.19. The number of anilines is 2. The van der Waals surface area contributed by atoms with Gasteiger partial charge >= 0.3 is 5.97 Å². The molecular weight excluding hydrogens is 356 g/mol. The van der Waals surface area contributed by atoms with E-state index in [4.69, 9.17) is 11.6 Å². The summed E-state index contributed by atoms with van der Waals surface area (Å²) < 4.78 is 0.825. The van der Waals surface area contributed by atoms with Crippen LogP contribution in [0.2, 0.25) is 5.02 Å². The molecule has 6 heteroatoms. The predicted octanol–water partition coefficient (Wildman–Crippen LogP) is 4.89. The standard InChI is InChI=1S/C15H14BrClN2O2/c1-2-3-11-6-9(15(20)21)7-14(18-11)19-13-8-10(17)4-5-12(13)16/h4-8H,2-3H2,1H3,(H,18,19)(H,20,21). The number of carbonyl (C=O) groups is 1. The fourth-order valence-corrected chi connectivity index (χ4v) is 2.41. The Morgan fingerprint density at radius 2 is 2.14 bits per heavy atom. The third-order valence-electron chi connectivity index (χ3n) is 2.82. The van der Waals surface area contributed by atoms with Crippen molar-refractivity contribution >= 4 is 45.0 Å². The van der Waals surface area contributed by atoms with E-state index in [1.807, 2.05) is 13.0 Å². The Morgan fingerprint density at radius 1 is 1.38 bits per heavy atom. The number of carboxylic acid groups (broad SMARTS) is 1. The summed E-state index contributed by atoms with van der Waals surface area (Å²) in [6, 6.07) is 8.44. The summed E-state index contributed by atoms with van der Waals surface area (Å²) in [5.74, 6) is -0.482. The van der Waals surface area contributed by atoms with Crippen LogP contribution in [-0.2, 0) is 6.42 Å². The van der Waals surface area contributed by atoms with Crippen LogP contribution in [0, 0.1) is 0 Å². The van der Waals surface area contributed by atoms with Crippen molar-refractivity contribution in [3.63, 3.8) is 0 Å². The van der Waals surface area contributed by atoms with Crippen LogP contribution < -0.4 is 5.32 Å². The molecule has 2 N–H and O–H groups in total. The third-order valence-corrected chi connectivity index (χ3v) is 3.75. The number of hydrogen-bond acceptors (Lipinski definition) is 3. The number of nitrogens with one attached hydrogen (secondary N) is 1. The fraction of sp³-hybridized carbons (Fsp3) is 0.200. The molecule has 4 nitrogen and oxygen atoms in total. The molecule has 0 saturated heterocycles. The smallest absolute Gasteiger partial charge is 0.335 e. The normalized spacial score (nSPS) is 10.4. The zero-order valence-electron chi connectivity index (χ0n) is 11.4. The van der Waals surface area contributed by atoms with Crippen molar-refractivity contribution in [1.82, 2.24) is 4.98 Å². The maximum atomic E-state index is 11.2. The first-order valence-corrected chi connectivity index (χ1v) is 7.63. The van der Waals surface area contributed by atoms with Crippen LogP contribution in [0.1, 0.15) is 29.4 Å². The van der Waals surface area contributed by atoms with E-state index >= 15 is 0 Å². The molecule has 0 spiro atoms. The number of pyridine rings is 1. The van der Waals surface area contributed by atoms with Gasteiger partial charge < -0.3 is 10.4 Å². The molecule has 0 radical (unpaired) electrons.